The Morgan fingerprint density at radius 2 is 2.00 bits per heavy atom. The number of piperidine rings is 1. The van der Waals surface area contributed by atoms with Crippen LogP contribution in [-0.2, 0) is 4.79 Å². The van der Waals surface area contributed by atoms with Crippen LogP contribution in [0.5, 0.6) is 0 Å². The lowest BCUT2D eigenvalue weighted by Crippen LogP contribution is -2.44. The summed E-state index contributed by atoms with van der Waals surface area (Å²) in [6, 6.07) is 7.86. The van der Waals surface area contributed by atoms with Gasteiger partial charge in [0.2, 0.25) is 5.91 Å². The summed E-state index contributed by atoms with van der Waals surface area (Å²) in [5, 5.41) is 2.99. The molecule has 1 fully saturated rings. The van der Waals surface area contributed by atoms with Gasteiger partial charge in [0.25, 0.3) is 0 Å². The smallest absolute Gasteiger partial charge is 0.238 e. The Labute approximate surface area is 121 Å². The summed E-state index contributed by atoms with van der Waals surface area (Å²) in [5.41, 5.74) is 8.05. The number of para-hydroxylation sites is 1. The summed E-state index contributed by atoms with van der Waals surface area (Å²) in [4.78, 5) is 14.3. The van der Waals surface area contributed by atoms with Crippen LogP contribution in [0.15, 0.2) is 24.3 Å². The molecule has 1 aromatic rings. The summed E-state index contributed by atoms with van der Waals surface area (Å²) in [7, 11) is 0. The fourth-order valence-electron chi connectivity index (χ4n) is 2.56. The number of hydrogen-bond acceptors (Lipinski definition) is 3. The topological polar surface area (TPSA) is 58.4 Å². The van der Waals surface area contributed by atoms with Crippen molar-refractivity contribution >= 4 is 11.6 Å². The minimum Gasteiger partial charge on any atom is -0.330 e. The van der Waals surface area contributed by atoms with Crippen molar-refractivity contribution in [1.29, 1.82) is 0 Å². The average molecular weight is 275 g/mol. The van der Waals surface area contributed by atoms with Crippen LogP contribution in [0, 0.1) is 12.3 Å². The van der Waals surface area contributed by atoms with Crippen molar-refractivity contribution in [1.82, 2.24) is 4.90 Å². The van der Waals surface area contributed by atoms with Gasteiger partial charge in [-0.15, -0.1) is 0 Å². The monoisotopic (exact) mass is 275 g/mol. The zero-order valence-corrected chi connectivity index (χ0v) is 12.5. The molecule has 1 aromatic carbocycles. The van der Waals surface area contributed by atoms with Crippen molar-refractivity contribution in [3.63, 3.8) is 0 Å². The third-order valence-electron chi connectivity index (χ3n) is 4.34. The third-order valence-corrected chi connectivity index (χ3v) is 4.34. The number of likely N-dealkylation sites (tertiary alicyclic amines) is 1. The van der Waals surface area contributed by atoms with Gasteiger partial charge in [0.15, 0.2) is 0 Å². The second kappa shape index (κ2) is 6.37. The van der Waals surface area contributed by atoms with E-state index in [-0.39, 0.29) is 11.3 Å². The van der Waals surface area contributed by atoms with Crippen LogP contribution in [0.3, 0.4) is 0 Å². The Kier molecular flexibility index (Phi) is 4.78. The van der Waals surface area contributed by atoms with E-state index in [1.54, 1.807) is 0 Å². The van der Waals surface area contributed by atoms with Crippen molar-refractivity contribution in [2.24, 2.45) is 11.1 Å². The van der Waals surface area contributed by atoms with Gasteiger partial charge in [0, 0.05) is 5.69 Å². The number of rotatable bonds is 4. The van der Waals surface area contributed by atoms with Gasteiger partial charge in [-0.3, -0.25) is 9.69 Å². The Morgan fingerprint density at radius 3 is 2.60 bits per heavy atom. The third kappa shape index (κ3) is 3.81. The Morgan fingerprint density at radius 1 is 1.35 bits per heavy atom. The van der Waals surface area contributed by atoms with Gasteiger partial charge in [-0.2, -0.15) is 0 Å². The molecule has 20 heavy (non-hydrogen) atoms. The number of benzene rings is 1. The highest BCUT2D eigenvalue weighted by Gasteiger charge is 2.29. The number of hydrogen-bond donors (Lipinski definition) is 2. The summed E-state index contributed by atoms with van der Waals surface area (Å²) in [6.45, 7) is 7.34. The molecule has 0 aromatic heterocycles. The maximum absolute atomic E-state index is 12.1. The van der Waals surface area contributed by atoms with Crippen molar-refractivity contribution in [2.45, 2.75) is 26.7 Å². The highest BCUT2D eigenvalue weighted by atomic mass is 16.2. The molecule has 0 unspecified atom stereocenters. The van der Waals surface area contributed by atoms with Gasteiger partial charge in [0.05, 0.1) is 6.54 Å². The molecule has 4 heteroatoms. The number of carbonyl (C=O) groups excluding carboxylic acids is 1. The molecule has 110 valence electrons. The maximum atomic E-state index is 12.1. The molecule has 2 rings (SSSR count). The SMILES string of the molecule is Cc1ccccc1NC(=O)CN1CCC(C)(CN)CC1. The second-order valence-electron chi connectivity index (χ2n) is 6.15. The number of amides is 1. The number of aryl methyl sites for hydroxylation is 1. The van der Waals surface area contributed by atoms with E-state index in [2.05, 4.69) is 17.1 Å². The van der Waals surface area contributed by atoms with Crippen LogP contribution in [0.2, 0.25) is 0 Å². The molecule has 1 saturated heterocycles. The molecule has 0 aliphatic carbocycles. The van der Waals surface area contributed by atoms with Gasteiger partial charge in [-0.05, 0) is 56.4 Å². The minimum absolute atomic E-state index is 0.0654. The Bertz CT molecular complexity index is 465. The quantitative estimate of drug-likeness (QED) is 0.883. The highest BCUT2D eigenvalue weighted by molar-refractivity contribution is 5.92. The van der Waals surface area contributed by atoms with Crippen LogP contribution >= 0.6 is 0 Å². The summed E-state index contributed by atoms with van der Waals surface area (Å²) >= 11 is 0. The number of nitrogens with zero attached hydrogens (tertiary/aromatic N) is 1. The summed E-state index contributed by atoms with van der Waals surface area (Å²) in [6.07, 6.45) is 2.14. The van der Waals surface area contributed by atoms with E-state index < -0.39 is 0 Å². The van der Waals surface area contributed by atoms with Crippen LogP contribution in [-0.4, -0.2) is 37.0 Å². The van der Waals surface area contributed by atoms with Gasteiger partial charge in [0.1, 0.15) is 0 Å². The molecule has 4 nitrogen and oxygen atoms in total. The van der Waals surface area contributed by atoms with Gasteiger partial charge < -0.3 is 11.1 Å². The number of nitrogens with two attached hydrogens (primary N) is 1. The number of carbonyl (C=O) groups is 1. The van der Waals surface area contributed by atoms with Crippen LogP contribution in [0.25, 0.3) is 0 Å². The fraction of sp³-hybridized carbons (Fsp3) is 0.562. The lowest BCUT2D eigenvalue weighted by molar-refractivity contribution is -0.117. The first-order chi connectivity index (χ1) is 9.52. The number of nitrogens with one attached hydrogen (secondary N) is 1. The molecule has 1 aliphatic rings. The molecular weight excluding hydrogens is 250 g/mol. The molecular formula is C16H25N3O. The van der Waals surface area contributed by atoms with Crippen molar-refractivity contribution in [3.8, 4) is 0 Å². The lowest BCUT2D eigenvalue weighted by atomic mass is 9.80. The molecule has 1 amide bonds. The van der Waals surface area contributed by atoms with E-state index in [9.17, 15) is 4.79 Å². The number of anilines is 1. The predicted octanol–water partition coefficient (Wildman–Crippen LogP) is 1.99. The van der Waals surface area contributed by atoms with Crippen LogP contribution in [0.1, 0.15) is 25.3 Å². The molecule has 1 aliphatic heterocycles. The summed E-state index contributed by atoms with van der Waals surface area (Å²) < 4.78 is 0. The second-order valence-corrected chi connectivity index (χ2v) is 6.15. The normalized spacial score (nSPS) is 18.8. The van der Waals surface area contributed by atoms with Gasteiger partial charge in [-0.1, -0.05) is 25.1 Å². The van der Waals surface area contributed by atoms with E-state index in [4.69, 9.17) is 5.73 Å². The van der Waals surface area contributed by atoms with Crippen molar-refractivity contribution < 1.29 is 4.79 Å². The molecule has 0 atom stereocenters. The lowest BCUT2D eigenvalue weighted by Gasteiger charge is -2.38. The summed E-state index contributed by atoms with van der Waals surface area (Å²) in [5.74, 6) is 0.0654. The van der Waals surface area contributed by atoms with E-state index in [1.165, 1.54) is 0 Å². The molecule has 0 saturated carbocycles. The standard InChI is InChI=1S/C16H25N3O/c1-13-5-3-4-6-14(13)18-15(20)11-19-9-7-16(2,12-17)8-10-19/h3-6H,7-12,17H2,1-2H3,(H,18,20). The van der Waals surface area contributed by atoms with Crippen molar-refractivity contribution in [2.75, 3.05) is 31.5 Å². The molecule has 0 spiro atoms. The van der Waals surface area contributed by atoms with Crippen molar-refractivity contribution in [3.05, 3.63) is 29.8 Å². The average Bonchev–Trinajstić information content (AvgIpc) is 2.44. The molecule has 1 heterocycles. The molecule has 0 bridgehead atoms. The van der Waals surface area contributed by atoms with E-state index in [0.717, 1.165) is 43.7 Å². The first kappa shape index (κ1) is 15.0. The zero-order chi connectivity index (χ0) is 14.6. The zero-order valence-electron chi connectivity index (χ0n) is 12.5. The van der Waals surface area contributed by atoms with E-state index in [1.807, 2.05) is 31.2 Å². The largest absolute Gasteiger partial charge is 0.330 e. The van der Waals surface area contributed by atoms with Crippen LogP contribution < -0.4 is 11.1 Å². The van der Waals surface area contributed by atoms with Gasteiger partial charge >= 0.3 is 0 Å². The first-order valence-corrected chi connectivity index (χ1v) is 7.30. The Balaban J connectivity index is 1.83. The highest BCUT2D eigenvalue weighted by Crippen LogP contribution is 2.29. The first-order valence-electron chi connectivity index (χ1n) is 7.30. The molecule has 0 radical (unpaired) electrons. The fourth-order valence-corrected chi connectivity index (χ4v) is 2.56. The predicted molar refractivity (Wildman–Crippen MR) is 82.6 cm³/mol. The minimum atomic E-state index is 0.0654. The van der Waals surface area contributed by atoms with E-state index >= 15 is 0 Å². The van der Waals surface area contributed by atoms with Crippen LogP contribution in [0.4, 0.5) is 5.69 Å². The van der Waals surface area contributed by atoms with E-state index in [0.29, 0.717) is 6.54 Å². The Hall–Kier alpha value is -1.39. The maximum Gasteiger partial charge on any atom is 0.238 e. The van der Waals surface area contributed by atoms with Gasteiger partial charge in [-0.25, -0.2) is 0 Å². The molecule has 3 N–H and O–H groups in total.